The molecule has 0 spiro atoms. The Balaban J connectivity index is 2.09. The Hall–Kier alpha value is -1.25. The molecule has 1 fully saturated rings. The summed E-state index contributed by atoms with van der Waals surface area (Å²) in [6.45, 7) is 11.3. The zero-order chi connectivity index (χ0) is 17.3. The van der Waals surface area contributed by atoms with Crippen LogP contribution in [0.1, 0.15) is 57.2 Å². The van der Waals surface area contributed by atoms with Crippen molar-refractivity contribution in [1.29, 1.82) is 5.26 Å². The van der Waals surface area contributed by atoms with Crippen LogP contribution in [-0.4, -0.2) is 29.4 Å². The number of pyridine rings is 1. The predicted molar refractivity (Wildman–Crippen MR) is 98.5 cm³/mol. The third-order valence-electron chi connectivity index (χ3n) is 4.64. The molecule has 1 saturated heterocycles. The maximum Gasteiger partial charge on any atom is 0.135 e. The number of fused-ring (bicyclic) bond motifs is 1. The molecule has 0 amide bonds. The van der Waals surface area contributed by atoms with E-state index in [9.17, 15) is 5.26 Å². The first-order chi connectivity index (χ1) is 11.4. The van der Waals surface area contributed by atoms with Gasteiger partial charge in [0.25, 0.3) is 0 Å². The Morgan fingerprint density at radius 3 is 2.62 bits per heavy atom. The molecular weight excluding hydrogens is 318 g/mol. The highest BCUT2D eigenvalue weighted by Crippen LogP contribution is 2.39. The van der Waals surface area contributed by atoms with Crippen LogP contribution in [0.25, 0.3) is 0 Å². The first kappa shape index (κ1) is 17.6. The Morgan fingerprint density at radius 1 is 1.29 bits per heavy atom. The minimum atomic E-state index is -0.220. The van der Waals surface area contributed by atoms with E-state index in [0.29, 0.717) is 12.5 Å². The molecule has 0 saturated carbocycles. The van der Waals surface area contributed by atoms with Gasteiger partial charge in [0, 0.05) is 30.8 Å². The summed E-state index contributed by atoms with van der Waals surface area (Å²) in [4.78, 5) is 7.32. The summed E-state index contributed by atoms with van der Waals surface area (Å²) in [6.07, 6.45) is 3.22. The summed E-state index contributed by atoms with van der Waals surface area (Å²) >= 11 is 1.72. The molecule has 0 atom stereocenters. The van der Waals surface area contributed by atoms with E-state index >= 15 is 0 Å². The lowest BCUT2D eigenvalue weighted by Gasteiger charge is -2.35. The molecular formula is C19H27N3OS. The van der Waals surface area contributed by atoms with Gasteiger partial charge in [-0.1, -0.05) is 13.8 Å². The second-order valence-corrected chi connectivity index (χ2v) is 8.82. The van der Waals surface area contributed by atoms with Gasteiger partial charge in [-0.05, 0) is 38.2 Å². The maximum atomic E-state index is 9.81. The average Bonchev–Trinajstić information content (AvgIpc) is 3.04. The summed E-state index contributed by atoms with van der Waals surface area (Å²) in [6, 6.07) is 2.45. The first-order valence-corrected chi connectivity index (χ1v) is 9.87. The van der Waals surface area contributed by atoms with E-state index in [1.165, 1.54) is 12.8 Å². The number of hydrogen-bond acceptors (Lipinski definition) is 5. The van der Waals surface area contributed by atoms with E-state index in [0.717, 1.165) is 52.8 Å². The third kappa shape index (κ3) is 3.55. The lowest BCUT2D eigenvalue weighted by Crippen LogP contribution is -2.34. The van der Waals surface area contributed by atoms with E-state index in [-0.39, 0.29) is 5.60 Å². The molecule has 4 nitrogen and oxygen atoms in total. The molecule has 1 aromatic rings. The minimum absolute atomic E-state index is 0.220. The van der Waals surface area contributed by atoms with E-state index in [4.69, 9.17) is 9.72 Å². The largest absolute Gasteiger partial charge is 0.370 e. The van der Waals surface area contributed by atoms with Gasteiger partial charge in [0.1, 0.15) is 16.9 Å². The van der Waals surface area contributed by atoms with Gasteiger partial charge in [-0.15, -0.1) is 11.8 Å². The van der Waals surface area contributed by atoms with Crippen molar-refractivity contribution < 1.29 is 4.74 Å². The molecule has 0 radical (unpaired) electrons. The quantitative estimate of drug-likeness (QED) is 0.767. The van der Waals surface area contributed by atoms with Crippen LogP contribution in [0.5, 0.6) is 0 Å². The summed E-state index contributed by atoms with van der Waals surface area (Å²) in [7, 11) is 0. The summed E-state index contributed by atoms with van der Waals surface area (Å²) in [5.41, 5.74) is 2.86. The van der Waals surface area contributed by atoms with Crippen molar-refractivity contribution in [3.8, 4) is 6.07 Å². The van der Waals surface area contributed by atoms with E-state index in [1.807, 2.05) is 0 Å². The fraction of sp³-hybridized carbons (Fsp3) is 0.684. The fourth-order valence-corrected chi connectivity index (χ4v) is 4.34. The topological polar surface area (TPSA) is 49.2 Å². The Bertz CT molecular complexity index is 658. The van der Waals surface area contributed by atoms with Gasteiger partial charge in [0.15, 0.2) is 0 Å². The van der Waals surface area contributed by atoms with Crippen LogP contribution in [0, 0.1) is 17.2 Å². The molecule has 0 N–H and O–H groups in total. The SMILES string of the molecule is CC(C)CSc1nc(N2CCCC2)c2c(c1C#N)CC(C)(C)OC2. The average molecular weight is 346 g/mol. The van der Waals surface area contributed by atoms with Crippen molar-refractivity contribution in [1.82, 2.24) is 4.98 Å². The highest BCUT2D eigenvalue weighted by Gasteiger charge is 2.33. The van der Waals surface area contributed by atoms with Gasteiger partial charge in [-0.2, -0.15) is 5.26 Å². The van der Waals surface area contributed by atoms with E-state index < -0.39 is 0 Å². The van der Waals surface area contributed by atoms with Gasteiger partial charge < -0.3 is 9.64 Å². The molecule has 24 heavy (non-hydrogen) atoms. The molecule has 0 unspecified atom stereocenters. The van der Waals surface area contributed by atoms with Crippen LogP contribution in [0.4, 0.5) is 5.82 Å². The zero-order valence-corrected chi connectivity index (χ0v) is 16.0. The summed E-state index contributed by atoms with van der Waals surface area (Å²) in [5.74, 6) is 2.62. The van der Waals surface area contributed by atoms with Crippen LogP contribution in [0.3, 0.4) is 0 Å². The number of hydrogen-bond donors (Lipinski definition) is 0. The molecule has 0 aromatic carbocycles. The molecule has 3 rings (SSSR count). The molecule has 3 heterocycles. The molecule has 130 valence electrons. The zero-order valence-electron chi connectivity index (χ0n) is 15.2. The lowest BCUT2D eigenvalue weighted by atomic mass is 9.89. The fourth-order valence-electron chi connectivity index (χ4n) is 3.38. The van der Waals surface area contributed by atoms with Gasteiger partial charge in [-0.3, -0.25) is 0 Å². The van der Waals surface area contributed by atoms with Crippen molar-refractivity contribution in [2.75, 3.05) is 23.7 Å². The van der Waals surface area contributed by atoms with Crippen LogP contribution in [0.15, 0.2) is 5.03 Å². The summed E-state index contributed by atoms with van der Waals surface area (Å²) < 4.78 is 6.05. The molecule has 1 aromatic heterocycles. The predicted octanol–water partition coefficient (Wildman–Crippen LogP) is 4.15. The van der Waals surface area contributed by atoms with Crippen molar-refractivity contribution in [3.05, 3.63) is 16.7 Å². The van der Waals surface area contributed by atoms with Crippen LogP contribution >= 0.6 is 11.8 Å². The standard InChI is InChI=1S/C19H27N3OS/c1-13(2)12-24-18-15(10-20)14-9-19(3,4)23-11-16(14)17(21-18)22-7-5-6-8-22/h13H,5-9,11-12H2,1-4H3. The molecule has 0 aliphatic carbocycles. The number of anilines is 1. The molecule has 5 heteroatoms. The van der Waals surface area contributed by atoms with Crippen molar-refractivity contribution >= 4 is 17.6 Å². The number of thioether (sulfide) groups is 1. The molecule has 2 aliphatic rings. The van der Waals surface area contributed by atoms with Crippen LogP contribution in [0.2, 0.25) is 0 Å². The Labute approximate surface area is 149 Å². The number of nitriles is 1. The second kappa shape index (κ2) is 6.93. The van der Waals surface area contributed by atoms with Gasteiger partial charge in [0.05, 0.1) is 17.8 Å². The van der Waals surface area contributed by atoms with Crippen LogP contribution < -0.4 is 4.90 Å². The number of aromatic nitrogens is 1. The van der Waals surface area contributed by atoms with Crippen molar-refractivity contribution in [2.24, 2.45) is 5.92 Å². The second-order valence-electron chi connectivity index (χ2n) is 7.81. The normalized spacial score (nSPS) is 19.4. The first-order valence-electron chi connectivity index (χ1n) is 8.89. The Morgan fingerprint density at radius 2 is 2.00 bits per heavy atom. The molecule has 2 aliphatic heterocycles. The van der Waals surface area contributed by atoms with Crippen LogP contribution in [-0.2, 0) is 17.8 Å². The van der Waals surface area contributed by atoms with Gasteiger partial charge in [0.2, 0.25) is 0 Å². The van der Waals surface area contributed by atoms with Gasteiger partial charge in [-0.25, -0.2) is 4.98 Å². The lowest BCUT2D eigenvalue weighted by molar-refractivity contribution is -0.0402. The Kier molecular flexibility index (Phi) is 5.08. The maximum absolute atomic E-state index is 9.81. The van der Waals surface area contributed by atoms with Crippen molar-refractivity contribution in [3.63, 3.8) is 0 Å². The van der Waals surface area contributed by atoms with Crippen molar-refractivity contribution in [2.45, 2.75) is 64.2 Å². The third-order valence-corrected chi connectivity index (χ3v) is 6.04. The number of ether oxygens (including phenoxy) is 1. The monoisotopic (exact) mass is 345 g/mol. The van der Waals surface area contributed by atoms with Gasteiger partial charge >= 0.3 is 0 Å². The smallest absolute Gasteiger partial charge is 0.135 e. The minimum Gasteiger partial charge on any atom is -0.370 e. The highest BCUT2D eigenvalue weighted by atomic mass is 32.2. The summed E-state index contributed by atoms with van der Waals surface area (Å²) in [5, 5.41) is 10.7. The van der Waals surface area contributed by atoms with E-state index in [1.54, 1.807) is 11.8 Å². The number of nitrogens with zero attached hydrogens (tertiary/aromatic N) is 3. The van der Waals surface area contributed by atoms with E-state index in [2.05, 4.69) is 38.7 Å². The highest BCUT2D eigenvalue weighted by molar-refractivity contribution is 7.99. The molecule has 0 bridgehead atoms. The number of rotatable bonds is 4.